The van der Waals surface area contributed by atoms with Crippen molar-refractivity contribution in [3.63, 3.8) is 0 Å². The van der Waals surface area contributed by atoms with Gasteiger partial charge >= 0.3 is 5.97 Å². The number of methoxy groups -OCH3 is 1. The maximum atomic E-state index is 12.4. The molecule has 164 valence electrons. The minimum atomic E-state index is -0.940. The monoisotopic (exact) mass is 491 g/mol. The molecular formula is C20H22BrN5O5. The number of aryl methyl sites for hydroxylation is 1. The number of nitrogens with two attached hydrogens (primary N) is 1. The molecule has 0 saturated carbocycles. The fraction of sp³-hybridized carbons (Fsp3) is 0.200. The summed E-state index contributed by atoms with van der Waals surface area (Å²) in [6.07, 6.45) is 1.43. The van der Waals surface area contributed by atoms with Crippen LogP contribution in [0.4, 0.5) is 11.4 Å². The van der Waals surface area contributed by atoms with E-state index in [9.17, 15) is 14.4 Å². The molecule has 0 aliphatic heterocycles. The predicted octanol–water partition coefficient (Wildman–Crippen LogP) is 1.97. The number of ether oxygens (including phenoxy) is 1. The van der Waals surface area contributed by atoms with Crippen LogP contribution in [0.2, 0.25) is 0 Å². The van der Waals surface area contributed by atoms with E-state index in [4.69, 9.17) is 15.7 Å². The Morgan fingerprint density at radius 1 is 1.26 bits per heavy atom. The lowest BCUT2D eigenvalue weighted by atomic mass is 10.1. The molecule has 11 heteroatoms. The number of aliphatic carboxylic acids is 1. The quantitative estimate of drug-likeness (QED) is 0.147. The van der Waals surface area contributed by atoms with Crippen LogP contribution < -0.4 is 26.6 Å². The van der Waals surface area contributed by atoms with Crippen LogP contribution in [0.15, 0.2) is 45.9 Å². The van der Waals surface area contributed by atoms with Gasteiger partial charge in [0, 0.05) is 16.5 Å². The molecule has 2 aromatic rings. The highest BCUT2D eigenvalue weighted by molar-refractivity contribution is 9.10. The van der Waals surface area contributed by atoms with Gasteiger partial charge in [0.05, 0.1) is 25.0 Å². The molecule has 0 aliphatic carbocycles. The lowest BCUT2D eigenvalue weighted by Gasteiger charge is -2.15. The first-order valence-electron chi connectivity index (χ1n) is 9.09. The molecule has 0 aliphatic rings. The summed E-state index contributed by atoms with van der Waals surface area (Å²) < 4.78 is 6.01. The highest BCUT2D eigenvalue weighted by Gasteiger charge is 2.15. The van der Waals surface area contributed by atoms with E-state index in [0.29, 0.717) is 32.7 Å². The number of nitrogens with one attached hydrogen (secondary N) is 3. The number of carboxylic acids is 1. The number of anilines is 1. The first kappa shape index (κ1) is 23.8. The van der Waals surface area contributed by atoms with E-state index >= 15 is 0 Å². The Labute approximate surface area is 187 Å². The maximum Gasteiger partial charge on any atom is 0.303 e. The van der Waals surface area contributed by atoms with Crippen LogP contribution in [0.3, 0.4) is 0 Å². The lowest BCUT2D eigenvalue weighted by molar-refractivity contribution is -0.137. The molecule has 0 spiro atoms. The van der Waals surface area contributed by atoms with E-state index in [1.807, 2.05) is 0 Å². The second-order valence-corrected chi connectivity index (χ2v) is 7.16. The number of benzene rings is 2. The summed E-state index contributed by atoms with van der Waals surface area (Å²) in [6.45, 7) is -0.281. The molecule has 2 rings (SSSR count). The SMILES string of the molecule is COc1c(CCC(=O)O)cc(Br)cc1NC(=O)CNC(=O)c1cccc(N=CNN)c1. The average Bonchev–Trinajstić information content (AvgIpc) is 2.74. The van der Waals surface area contributed by atoms with Crippen molar-refractivity contribution in [2.24, 2.45) is 10.8 Å². The van der Waals surface area contributed by atoms with Gasteiger partial charge < -0.3 is 25.9 Å². The predicted molar refractivity (Wildman–Crippen MR) is 120 cm³/mol. The Morgan fingerprint density at radius 2 is 2.03 bits per heavy atom. The smallest absolute Gasteiger partial charge is 0.303 e. The number of hydrogen-bond acceptors (Lipinski definition) is 6. The van der Waals surface area contributed by atoms with Crippen molar-refractivity contribution in [1.82, 2.24) is 10.7 Å². The van der Waals surface area contributed by atoms with Crippen LogP contribution in [0, 0.1) is 0 Å². The Kier molecular flexibility index (Phi) is 8.97. The number of carbonyl (C=O) groups excluding carboxylic acids is 2. The Balaban J connectivity index is 2.05. The Hall–Kier alpha value is -3.44. The maximum absolute atomic E-state index is 12.4. The number of hydrazine groups is 1. The number of nitrogens with zero attached hydrogens (tertiary/aromatic N) is 1. The van der Waals surface area contributed by atoms with E-state index < -0.39 is 17.8 Å². The molecule has 0 unspecified atom stereocenters. The summed E-state index contributed by atoms with van der Waals surface area (Å²) in [7, 11) is 1.43. The van der Waals surface area contributed by atoms with Crippen molar-refractivity contribution in [1.29, 1.82) is 0 Å². The molecule has 0 atom stereocenters. The third-order valence-corrected chi connectivity index (χ3v) is 4.48. The first-order valence-corrected chi connectivity index (χ1v) is 9.88. The molecule has 6 N–H and O–H groups in total. The fourth-order valence-corrected chi connectivity index (χ4v) is 3.21. The van der Waals surface area contributed by atoms with Crippen molar-refractivity contribution < 1.29 is 24.2 Å². The molecule has 0 radical (unpaired) electrons. The van der Waals surface area contributed by atoms with Crippen molar-refractivity contribution in [3.8, 4) is 5.75 Å². The molecule has 0 bridgehead atoms. The van der Waals surface area contributed by atoms with Crippen LogP contribution in [0.5, 0.6) is 5.75 Å². The molecule has 0 heterocycles. The van der Waals surface area contributed by atoms with Crippen LogP contribution in [-0.2, 0) is 16.0 Å². The zero-order chi connectivity index (χ0) is 22.8. The number of rotatable bonds is 10. The molecule has 0 fully saturated rings. The third kappa shape index (κ3) is 7.39. The minimum Gasteiger partial charge on any atom is -0.494 e. The zero-order valence-electron chi connectivity index (χ0n) is 16.6. The number of carboxylic acid groups (broad SMARTS) is 1. The summed E-state index contributed by atoms with van der Waals surface area (Å²) in [4.78, 5) is 39.6. The van der Waals surface area contributed by atoms with Gasteiger partial charge in [0.2, 0.25) is 5.91 Å². The summed E-state index contributed by atoms with van der Waals surface area (Å²) in [6, 6.07) is 9.86. The van der Waals surface area contributed by atoms with E-state index in [1.165, 1.54) is 13.4 Å². The van der Waals surface area contributed by atoms with Gasteiger partial charge in [-0.15, -0.1) is 0 Å². The lowest BCUT2D eigenvalue weighted by Crippen LogP contribution is -2.33. The number of carbonyl (C=O) groups is 3. The van der Waals surface area contributed by atoms with Gasteiger partial charge in [-0.25, -0.2) is 10.8 Å². The zero-order valence-corrected chi connectivity index (χ0v) is 18.2. The van der Waals surface area contributed by atoms with Gasteiger partial charge in [0.25, 0.3) is 5.91 Å². The van der Waals surface area contributed by atoms with Gasteiger partial charge in [0.1, 0.15) is 12.1 Å². The highest BCUT2D eigenvalue weighted by Crippen LogP contribution is 2.33. The molecule has 0 aromatic heterocycles. The van der Waals surface area contributed by atoms with E-state index in [0.717, 1.165) is 0 Å². The molecular weight excluding hydrogens is 470 g/mol. The molecule has 0 saturated heterocycles. The third-order valence-electron chi connectivity index (χ3n) is 4.02. The second-order valence-electron chi connectivity index (χ2n) is 6.25. The van der Waals surface area contributed by atoms with E-state index in [2.05, 4.69) is 37.0 Å². The van der Waals surface area contributed by atoms with E-state index in [1.54, 1.807) is 36.4 Å². The summed E-state index contributed by atoms with van der Waals surface area (Å²) in [5.74, 6) is 3.63. The second kappa shape index (κ2) is 11.7. The molecule has 31 heavy (non-hydrogen) atoms. The Morgan fingerprint density at radius 3 is 2.71 bits per heavy atom. The number of aliphatic imine (C=N–C) groups is 1. The summed E-state index contributed by atoms with van der Waals surface area (Å²) in [5.41, 5.74) is 4.11. The van der Waals surface area contributed by atoms with Gasteiger partial charge in [0.15, 0.2) is 0 Å². The minimum absolute atomic E-state index is 0.0826. The normalized spacial score (nSPS) is 10.5. The molecule has 10 nitrogen and oxygen atoms in total. The van der Waals surface area contributed by atoms with Crippen molar-refractivity contribution in [3.05, 3.63) is 52.0 Å². The van der Waals surface area contributed by atoms with Crippen LogP contribution in [-0.4, -0.2) is 42.9 Å². The van der Waals surface area contributed by atoms with Gasteiger partial charge in [-0.05, 0) is 42.3 Å². The number of halogens is 1. The van der Waals surface area contributed by atoms with E-state index in [-0.39, 0.29) is 19.4 Å². The van der Waals surface area contributed by atoms with Crippen LogP contribution in [0.25, 0.3) is 0 Å². The summed E-state index contributed by atoms with van der Waals surface area (Å²) in [5, 5.41) is 14.1. The molecule has 2 amide bonds. The first-order chi connectivity index (χ1) is 14.8. The number of hydrogen-bond donors (Lipinski definition) is 5. The van der Waals surface area contributed by atoms with Crippen molar-refractivity contribution >= 4 is 51.4 Å². The van der Waals surface area contributed by atoms with Crippen LogP contribution in [0.1, 0.15) is 22.3 Å². The van der Waals surface area contributed by atoms with Crippen LogP contribution >= 0.6 is 15.9 Å². The summed E-state index contributed by atoms with van der Waals surface area (Å²) >= 11 is 3.34. The largest absolute Gasteiger partial charge is 0.494 e. The van der Waals surface area contributed by atoms with Gasteiger partial charge in [-0.2, -0.15) is 0 Å². The average molecular weight is 492 g/mol. The van der Waals surface area contributed by atoms with Gasteiger partial charge in [-0.3, -0.25) is 14.4 Å². The topological polar surface area (TPSA) is 155 Å². The van der Waals surface area contributed by atoms with Crippen molar-refractivity contribution in [2.75, 3.05) is 19.0 Å². The molecule has 2 aromatic carbocycles. The van der Waals surface area contributed by atoms with Gasteiger partial charge in [-0.1, -0.05) is 22.0 Å². The fourth-order valence-electron chi connectivity index (χ4n) is 2.71. The highest BCUT2D eigenvalue weighted by atomic mass is 79.9. The van der Waals surface area contributed by atoms with Crippen molar-refractivity contribution in [2.45, 2.75) is 12.8 Å². The Bertz CT molecular complexity index is 996. The standard InChI is InChI=1S/C20H22BrN5O5/c1-31-19-12(5-6-18(28)29)7-14(21)9-16(19)26-17(27)10-23-20(30)13-3-2-4-15(8-13)24-11-25-22/h2-4,7-9,11H,5-6,10,22H2,1H3,(H,23,30)(H,24,25)(H,26,27)(H,28,29). The number of amides is 2.